The molecule has 9 nitrogen and oxygen atoms in total. The molecule has 1 amide bonds. The Morgan fingerprint density at radius 1 is 1.37 bits per heavy atom. The summed E-state index contributed by atoms with van der Waals surface area (Å²) >= 11 is 0. The second-order valence-electron chi connectivity index (χ2n) is 6.22. The van der Waals surface area contributed by atoms with Crippen molar-refractivity contribution >= 4 is 29.0 Å². The van der Waals surface area contributed by atoms with Crippen LogP contribution < -0.4 is 16.0 Å². The minimum atomic E-state index is -0.171. The second kappa shape index (κ2) is 6.94. The molecule has 0 fully saturated rings. The van der Waals surface area contributed by atoms with Gasteiger partial charge in [-0.2, -0.15) is 4.98 Å². The maximum Gasteiger partial charge on any atom is 0.302 e. The first-order valence-corrected chi connectivity index (χ1v) is 8.47. The number of carbonyl (C=O) groups excluding carboxylic acids is 1. The number of imidazole rings is 1. The molecule has 3 N–H and O–H groups in total. The first-order valence-electron chi connectivity index (χ1n) is 8.47. The minimum absolute atomic E-state index is 0.171. The number of para-hydroxylation sites is 2. The summed E-state index contributed by atoms with van der Waals surface area (Å²) in [7, 11) is 1.89. The predicted octanol–water partition coefficient (Wildman–Crippen LogP) is 1.52. The van der Waals surface area contributed by atoms with Crippen LogP contribution in [0.1, 0.15) is 12.6 Å². The summed E-state index contributed by atoms with van der Waals surface area (Å²) in [6.45, 7) is 2.46. The smallest absolute Gasteiger partial charge is 0.302 e. The van der Waals surface area contributed by atoms with E-state index in [9.17, 15) is 4.79 Å². The molecule has 3 aromatic rings. The van der Waals surface area contributed by atoms with Crippen LogP contribution in [0.25, 0.3) is 11.1 Å². The topological polar surface area (TPSA) is 109 Å². The summed E-state index contributed by atoms with van der Waals surface area (Å²) in [4.78, 5) is 25.3. The lowest BCUT2D eigenvalue weighted by Gasteiger charge is -2.19. The van der Waals surface area contributed by atoms with Gasteiger partial charge >= 0.3 is 6.01 Å². The quantitative estimate of drug-likeness (QED) is 0.647. The van der Waals surface area contributed by atoms with Gasteiger partial charge < -0.3 is 19.6 Å². The zero-order valence-electron chi connectivity index (χ0n) is 15.0. The normalized spacial score (nSPS) is 14.1. The Bertz CT molecular complexity index is 1030. The van der Waals surface area contributed by atoms with E-state index in [-0.39, 0.29) is 12.5 Å². The van der Waals surface area contributed by atoms with Crippen LogP contribution >= 0.6 is 0 Å². The number of nitrogens with one attached hydrogen (secondary N) is 3. The number of anilines is 1. The number of allylic oxidation sites excluding steroid dienone is 1. The largest absolute Gasteiger partial charge is 0.423 e. The van der Waals surface area contributed by atoms with Crippen molar-refractivity contribution in [2.45, 2.75) is 13.5 Å². The van der Waals surface area contributed by atoms with Crippen LogP contribution in [0.2, 0.25) is 0 Å². The molecule has 0 radical (unpaired) electrons. The van der Waals surface area contributed by atoms with Gasteiger partial charge in [0.2, 0.25) is 5.96 Å². The molecule has 0 atom stereocenters. The number of aryl methyl sites for hydroxylation is 1. The van der Waals surface area contributed by atoms with E-state index in [1.165, 1.54) is 0 Å². The predicted molar refractivity (Wildman–Crippen MR) is 101 cm³/mol. The Hall–Kier alpha value is -3.62. The summed E-state index contributed by atoms with van der Waals surface area (Å²) in [5.41, 5.74) is 3.56. The highest BCUT2D eigenvalue weighted by Gasteiger charge is 2.19. The van der Waals surface area contributed by atoms with E-state index in [2.05, 4.69) is 30.9 Å². The van der Waals surface area contributed by atoms with E-state index in [0.29, 0.717) is 29.7 Å². The van der Waals surface area contributed by atoms with Crippen molar-refractivity contribution in [2.24, 2.45) is 12.0 Å². The van der Waals surface area contributed by atoms with Crippen LogP contribution in [-0.2, 0) is 18.4 Å². The van der Waals surface area contributed by atoms with Crippen LogP contribution in [0.15, 0.2) is 57.5 Å². The molecule has 0 saturated carbocycles. The highest BCUT2D eigenvalue weighted by atomic mass is 16.4. The molecule has 0 aliphatic carbocycles. The number of oxazole rings is 1. The monoisotopic (exact) mass is 365 g/mol. The molecule has 27 heavy (non-hydrogen) atoms. The number of aromatic nitrogens is 3. The third kappa shape index (κ3) is 3.66. The summed E-state index contributed by atoms with van der Waals surface area (Å²) in [5.74, 6) is 0.315. The van der Waals surface area contributed by atoms with Crippen molar-refractivity contribution in [3.05, 3.63) is 53.8 Å². The van der Waals surface area contributed by atoms with E-state index in [4.69, 9.17) is 4.42 Å². The molecule has 0 spiro atoms. The first kappa shape index (κ1) is 16.8. The summed E-state index contributed by atoms with van der Waals surface area (Å²) in [5, 5.41) is 8.95. The number of fused-ring (bicyclic) bond motifs is 1. The summed E-state index contributed by atoms with van der Waals surface area (Å²) in [6, 6.07) is 7.84. The van der Waals surface area contributed by atoms with E-state index < -0.39 is 0 Å². The third-order valence-electron chi connectivity index (χ3n) is 4.14. The van der Waals surface area contributed by atoms with Gasteiger partial charge in [0.25, 0.3) is 5.91 Å². The SMILES string of the molecule is CC1=C(C(=O)NCc2cn(C)cn2)CN=C(Nc2nc3ccccc3o2)N1. The van der Waals surface area contributed by atoms with Gasteiger partial charge in [0.05, 0.1) is 30.7 Å². The maximum absolute atomic E-state index is 12.4. The van der Waals surface area contributed by atoms with Gasteiger partial charge in [0.1, 0.15) is 5.52 Å². The van der Waals surface area contributed by atoms with Crippen molar-refractivity contribution in [1.82, 2.24) is 25.2 Å². The van der Waals surface area contributed by atoms with Crippen LogP contribution in [0.4, 0.5) is 6.01 Å². The van der Waals surface area contributed by atoms with Gasteiger partial charge in [-0.25, -0.2) is 9.98 Å². The average molecular weight is 365 g/mol. The van der Waals surface area contributed by atoms with Crippen LogP contribution in [-0.4, -0.2) is 32.9 Å². The molecule has 1 aliphatic heterocycles. The van der Waals surface area contributed by atoms with E-state index in [0.717, 1.165) is 16.9 Å². The molecule has 4 rings (SSSR count). The van der Waals surface area contributed by atoms with Crippen molar-refractivity contribution in [2.75, 3.05) is 11.9 Å². The standard InChI is InChI=1S/C18H19N7O2/c1-11-13(16(26)19-7-12-9-25(2)10-21-12)8-20-17(22-11)24-18-23-14-5-3-4-6-15(14)27-18/h3-6,9-10H,7-8H2,1-2H3,(H,19,26)(H2,20,22,23,24). The van der Waals surface area contributed by atoms with Crippen LogP contribution in [0.3, 0.4) is 0 Å². The highest BCUT2D eigenvalue weighted by molar-refractivity contribution is 6.00. The fraction of sp³-hybridized carbons (Fsp3) is 0.222. The fourth-order valence-corrected chi connectivity index (χ4v) is 2.74. The molecular weight excluding hydrogens is 346 g/mol. The molecule has 0 unspecified atom stereocenters. The number of hydrogen-bond donors (Lipinski definition) is 3. The fourth-order valence-electron chi connectivity index (χ4n) is 2.74. The Kier molecular flexibility index (Phi) is 4.33. The van der Waals surface area contributed by atoms with Gasteiger partial charge in [-0.05, 0) is 19.1 Å². The number of hydrogen-bond acceptors (Lipinski definition) is 7. The van der Waals surface area contributed by atoms with Crippen molar-refractivity contribution < 1.29 is 9.21 Å². The van der Waals surface area contributed by atoms with Crippen molar-refractivity contribution in [1.29, 1.82) is 0 Å². The van der Waals surface area contributed by atoms with E-state index >= 15 is 0 Å². The zero-order chi connectivity index (χ0) is 18.8. The lowest BCUT2D eigenvalue weighted by atomic mass is 10.1. The molecule has 3 heterocycles. The number of nitrogens with zero attached hydrogens (tertiary/aromatic N) is 4. The lowest BCUT2D eigenvalue weighted by molar-refractivity contribution is -0.117. The van der Waals surface area contributed by atoms with Crippen molar-refractivity contribution in [3.63, 3.8) is 0 Å². The number of guanidine groups is 1. The zero-order valence-corrected chi connectivity index (χ0v) is 15.0. The number of benzene rings is 1. The van der Waals surface area contributed by atoms with Gasteiger partial charge in [0.15, 0.2) is 5.58 Å². The van der Waals surface area contributed by atoms with E-state index in [1.54, 1.807) is 6.33 Å². The molecule has 0 bridgehead atoms. The summed E-state index contributed by atoms with van der Waals surface area (Å²) in [6.07, 6.45) is 3.56. The molecule has 138 valence electrons. The lowest BCUT2D eigenvalue weighted by Crippen LogP contribution is -2.37. The Morgan fingerprint density at radius 3 is 2.96 bits per heavy atom. The second-order valence-corrected chi connectivity index (χ2v) is 6.22. The highest BCUT2D eigenvalue weighted by Crippen LogP contribution is 2.18. The Balaban J connectivity index is 1.38. The van der Waals surface area contributed by atoms with E-state index in [1.807, 2.05) is 49.0 Å². The molecular formula is C18H19N7O2. The number of amides is 1. The van der Waals surface area contributed by atoms with Crippen LogP contribution in [0.5, 0.6) is 0 Å². The number of rotatable bonds is 4. The minimum Gasteiger partial charge on any atom is -0.423 e. The van der Waals surface area contributed by atoms with Gasteiger partial charge in [-0.1, -0.05) is 12.1 Å². The first-order chi connectivity index (χ1) is 13.1. The van der Waals surface area contributed by atoms with Gasteiger partial charge in [-0.3, -0.25) is 10.1 Å². The molecule has 0 saturated heterocycles. The third-order valence-corrected chi connectivity index (χ3v) is 4.14. The Morgan fingerprint density at radius 2 is 2.22 bits per heavy atom. The molecule has 9 heteroatoms. The summed E-state index contributed by atoms with van der Waals surface area (Å²) < 4.78 is 7.46. The maximum atomic E-state index is 12.4. The van der Waals surface area contributed by atoms with Gasteiger partial charge in [0, 0.05) is 18.9 Å². The Labute approximate surface area is 155 Å². The molecule has 1 aromatic carbocycles. The number of aliphatic imine (C=N–C) groups is 1. The molecule has 1 aliphatic rings. The average Bonchev–Trinajstić information content (AvgIpc) is 3.25. The van der Waals surface area contributed by atoms with Gasteiger partial charge in [-0.15, -0.1) is 0 Å². The van der Waals surface area contributed by atoms with Crippen molar-refractivity contribution in [3.8, 4) is 0 Å². The number of carbonyl (C=O) groups is 1. The van der Waals surface area contributed by atoms with Crippen LogP contribution in [0, 0.1) is 0 Å². The molecule has 2 aromatic heterocycles.